The monoisotopic (exact) mass is 286 g/mol. The fourth-order valence-electron chi connectivity index (χ4n) is 1.65. The minimum atomic E-state index is -2.63. The Balaban J connectivity index is 2.63. The highest BCUT2D eigenvalue weighted by molar-refractivity contribution is 5.74. The molecule has 3 N–H and O–H groups in total. The highest BCUT2D eigenvalue weighted by Crippen LogP contribution is 2.18. The van der Waals surface area contributed by atoms with Crippen LogP contribution >= 0.6 is 0 Å². The second-order valence-corrected chi connectivity index (χ2v) is 4.14. The van der Waals surface area contributed by atoms with Gasteiger partial charge in [0, 0.05) is 6.42 Å². The molecule has 1 atom stereocenters. The molecule has 0 heterocycles. The predicted octanol–water partition coefficient (Wildman–Crippen LogP) is 2.16. The summed E-state index contributed by atoms with van der Waals surface area (Å²) in [6.45, 7) is -0.744. The van der Waals surface area contributed by atoms with Gasteiger partial charge in [0.1, 0.15) is 0 Å². The third-order valence-electron chi connectivity index (χ3n) is 2.57. The van der Waals surface area contributed by atoms with Crippen LogP contribution in [0.3, 0.4) is 0 Å². The largest absolute Gasteiger partial charge is 0.481 e. The molecule has 5 nitrogen and oxygen atoms in total. The minimum absolute atomic E-state index is 0.130. The van der Waals surface area contributed by atoms with E-state index in [1.165, 1.54) is 0 Å². The molecule has 2 amide bonds. The number of carboxylic acids is 1. The van der Waals surface area contributed by atoms with Crippen molar-refractivity contribution in [1.29, 1.82) is 0 Å². The lowest BCUT2D eigenvalue weighted by molar-refractivity contribution is -0.137. The first kappa shape index (κ1) is 15.9. The number of carbonyl (C=O) groups is 2. The van der Waals surface area contributed by atoms with Crippen molar-refractivity contribution in [2.24, 2.45) is 0 Å². The van der Waals surface area contributed by atoms with E-state index >= 15 is 0 Å². The van der Waals surface area contributed by atoms with E-state index in [0.29, 0.717) is 0 Å². The molecule has 110 valence electrons. The quantitative estimate of drug-likeness (QED) is 0.718. The topological polar surface area (TPSA) is 78.4 Å². The van der Waals surface area contributed by atoms with Gasteiger partial charge in [-0.2, -0.15) is 0 Å². The van der Waals surface area contributed by atoms with E-state index in [0.717, 1.165) is 5.56 Å². The van der Waals surface area contributed by atoms with E-state index in [2.05, 4.69) is 5.32 Å². The molecule has 0 spiro atoms. The summed E-state index contributed by atoms with van der Waals surface area (Å²) in [7, 11) is 0. The Hall–Kier alpha value is -2.18. The Labute approximate surface area is 115 Å². The van der Waals surface area contributed by atoms with Gasteiger partial charge in [-0.25, -0.2) is 13.6 Å². The van der Waals surface area contributed by atoms with E-state index in [9.17, 15) is 18.4 Å². The van der Waals surface area contributed by atoms with Crippen molar-refractivity contribution in [2.45, 2.75) is 25.3 Å². The molecule has 0 aromatic heterocycles. The normalized spacial score (nSPS) is 11.9. The molecule has 0 radical (unpaired) electrons. The molecule has 0 aliphatic carbocycles. The summed E-state index contributed by atoms with van der Waals surface area (Å²) in [6, 6.07) is 7.48. The van der Waals surface area contributed by atoms with E-state index in [4.69, 9.17) is 5.11 Å². The molecule has 7 heteroatoms. The number of hydrogen-bond donors (Lipinski definition) is 3. The SMILES string of the molecule is O=C(O)CCC(NC(=O)NCC(F)F)c1ccccc1. The van der Waals surface area contributed by atoms with Crippen molar-refractivity contribution in [3.05, 3.63) is 35.9 Å². The predicted molar refractivity (Wildman–Crippen MR) is 68.6 cm³/mol. The molecule has 20 heavy (non-hydrogen) atoms. The van der Waals surface area contributed by atoms with Gasteiger partial charge >= 0.3 is 12.0 Å². The second-order valence-electron chi connectivity index (χ2n) is 4.14. The summed E-state index contributed by atoms with van der Waals surface area (Å²) < 4.78 is 24.0. The van der Waals surface area contributed by atoms with Crippen LogP contribution < -0.4 is 10.6 Å². The number of carboxylic acid groups (broad SMARTS) is 1. The first-order valence-corrected chi connectivity index (χ1v) is 6.08. The zero-order valence-corrected chi connectivity index (χ0v) is 10.7. The number of alkyl halides is 2. The number of urea groups is 1. The number of amides is 2. The second kappa shape index (κ2) is 8.08. The Bertz CT molecular complexity index is 441. The molecule has 1 rings (SSSR count). The lowest BCUT2D eigenvalue weighted by Gasteiger charge is -2.19. The van der Waals surface area contributed by atoms with Crippen molar-refractivity contribution >= 4 is 12.0 Å². The van der Waals surface area contributed by atoms with Crippen molar-refractivity contribution in [2.75, 3.05) is 6.54 Å². The fraction of sp³-hybridized carbons (Fsp3) is 0.385. The van der Waals surface area contributed by atoms with Gasteiger partial charge in [-0.3, -0.25) is 4.79 Å². The standard InChI is InChI=1S/C13H16F2N2O3/c14-11(15)8-16-13(20)17-10(6-7-12(18)19)9-4-2-1-3-5-9/h1-5,10-11H,6-8H2,(H,18,19)(H2,16,17,20). The van der Waals surface area contributed by atoms with Crippen molar-refractivity contribution < 1.29 is 23.5 Å². The van der Waals surface area contributed by atoms with Gasteiger partial charge in [0.2, 0.25) is 0 Å². The third kappa shape index (κ3) is 6.12. The molecule has 0 bridgehead atoms. The number of nitrogens with one attached hydrogen (secondary N) is 2. The molecule has 0 aliphatic rings. The highest BCUT2D eigenvalue weighted by atomic mass is 19.3. The highest BCUT2D eigenvalue weighted by Gasteiger charge is 2.16. The maximum atomic E-state index is 12.0. The number of carbonyl (C=O) groups excluding carboxylic acids is 1. The van der Waals surface area contributed by atoms with Crippen LogP contribution in [0.1, 0.15) is 24.4 Å². The number of benzene rings is 1. The van der Waals surface area contributed by atoms with E-state index < -0.39 is 31.0 Å². The van der Waals surface area contributed by atoms with Crippen LogP contribution in [0, 0.1) is 0 Å². The first-order chi connectivity index (χ1) is 9.49. The minimum Gasteiger partial charge on any atom is -0.481 e. The summed E-state index contributed by atoms with van der Waals surface area (Å²) in [5.41, 5.74) is 0.723. The molecule has 0 saturated heterocycles. The number of aliphatic carboxylic acids is 1. The van der Waals surface area contributed by atoms with Crippen molar-refractivity contribution in [1.82, 2.24) is 10.6 Å². The molecule has 1 unspecified atom stereocenters. The van der Waals surface area contributed by atoms with E-state index in [1.807, 2.05) is 5.32 Å². The van der Waals surface area contributed by atoms with Gasteiger partial charge in [0.25, 0.3) is 6.43 Å². The zero-order valence-electron chi connectivity index (χ0n) is 10.7. The summed E-state index contributed by atoms with van der Waals surface area (Å²) in [5, 5.41) is 13.2. The number of hydrogen-bond acceptors (Lipinski definition) is 2. The first-order valence-electron chi connectivity index (χ1n) is 6.08. The van der Waals surface area contributed by atoms with E-state index in [1.54, 1.807) is 30.3 Å². The van der Waals surface area contributed by atoms with E-state index in [-0.39, 0.29) is 12.8 Å². The van der Waals surface area contributed by atoms with Crippen LogP contribution in [-0.2, 0) is 4.79 Å². The lowest BCUT2D eigenvalue weighted by Crippen LogP contribution is -2.40. The third-order valence-corrected chi connectivity index (χ3v) is 2.57. The molecule has 0 saturated carbocycles. The van der Waals surface area contributed by atoms with Crippen LogP contribution in [0.15, 0.2) is 30.3 Å². The number of rotatable bonds is 7. The summed E-state index contributed by atoms with van der Waals surface area (Å²) in [4.78, 5) is 22.1. The fourth-order valence-corrected chi connectivity index (χ4v) is 1.65. The average Bonchev–Trinajstić information content (AvgIpc) is 2.42. The summed E-state index contributed by atoms with van der Waals surface area (Å²) >= 11 is 0. The number of halogens is 2. The average molecular weight is 286 g/mol. The maximum Gasteiger partial charge on any atom is 0.315 e. The Morgan fingerprint density at radius 1 is 1.20 bits per heavy atom. The smallest absolute Gasteiger partial charge is 0.315 e. The van der Waals surface area contributed by atoms with Crippen LogP contribution in [0.4, 0.5) is 13.6 Å². The van der Waals surface area contributed by atoms with Gasteiger partial charge in [0.05, 0.1) is 12.6 Å². The lowest BCUT2D eigenvalue weighted by atomic mass is 10.0. The molecule has 1 aromatic carbocycles. The molecule has 0 fully saturated rings. The Morgan fingerprint density at radius 2 is 1.85 bits per heavy atom. The molecule has 1 aromatic rings. The van der Waals surface area contributed by atoms with Gasteiger partial charge in [-0.15, -0.1) is 0 Å². The van der Waals surface area contributed by atoms with Gasteiger partial charge in [0.15, 0.2) is 0 Å². The zero-order chi connectivity index (χ0) is 15.0. The van der Waals surface area contributed by atoms with Crippen LogP contribution in [0.25, 0.3) is 0 Å². The van der Waals surface area contributed by atoms with Gasteiger partial charge < -0.3 is 15.7 Å². The molecular formula is C13H16F2N2O3. The molecule has 0 aliphatic heterocycles. The Kier molecular flexibility index (Phi) is 6.42. The van der Waals surface area contributed by atoms with Crippen molar-refractivity contribution in [3.63, 3.8) is 0 Å². The van der Waals surface area contributed by atoms with Crippen LogP contribution in [-0.4, -0.2) is 30.1 Å². The Morgan fingerprint density at radius 3 is 2.40 bits per heavy atom. The maximum absolute atomic E-state index is 12.0. The van der Waals surface area contributed by atoms with Crippen LogP contribution in [0.5, 0.6) is 0 Å². The van der Waals surface area contributed by atoms with Gasteiger partial charge in [-0.05, 0) is 12.0 Å². The van der Waals surface area contributed by atoms with Gasteiger partial charge in [-0.1, -0.05) is 30.3 Å². The van der Waals surface area contributed by atoms with Crippen LogP contribution in [0.2, 0.25) is 0 Å². The molecular weight excluding hydrogens is 270 g/mol. The summed E-state index contributed by atoms with van der Waals surface area (Å²) in [6.07, 6.45) is -2.58. The summed E-state index contributed by atoms with van der Waals surface area (Å²) in [5.74, 6) is -0.985. The van der Waals surface area contributed by atoms with Crippen molar-refractivity contribution in [3.8, 4) is 0 Å².